The molecule has 1 heteroatoms. The van der Waals surface area contributed by atoms with Gasteiger partial charge in [-0.05, 0) is 43.1 Å². The molecule has 0 radical (unpaired) electrons. The number of fused-ring (bicyclic) bond motifs is 2. The van der Waals surface area contributed by atoms with Gasteiger partial charge in [-0.2, -0.15) is 0 Å². The minimum atomic E-state index is 0.530. The van der Waals surface area contributed by atoms with Crippen LogP contribution in [0.4, 0.5) is 0 Å². The fourth-order valence-electron chi connectivity index (χ4n) is 4.02. The van der Waals surface area contributed by atoms with Crippen LogP contribution in [0, 0.1) is 16.7 Å². The van der Waals surface area contributed by atoms with Gasteiger partial charge in [0.2, 0.25) is 0 Å². The van der Waals surface area contributed by atoms with Crippen LogP contribution in [0.3, 0.4) is 0 Å². The van der Waals surface area contributed by atoms with Gasteiger partial charge in [-0.3, -0.25) is 0 Å². The second-order valence-corrected chi connectivity index (χ2v) is 5.64. The van der Waals surface area contributed by atoms with Crippen LogP contribution >= 0.6 is 0 Å². The number of hydrogen-bond donors (Lipinski definition) is 1. The Balaban J connectivity index is 2.31. The van der Waals surface area contributed by atoms with E-state index in [1.807, 2.05) is 0 Å². The molecule has 0 aliphatic heterocycles. The Morgan fingerprint density at radius 3 is 2.25 bits per heavy atom. The van der Waals surface area contributed by atoms with Gasteiger partial charge in [0.15, 0.2) is 0 Å². The fraction of sp³-hybridized carbons (Fsp3) is 1.00. The predicted molar refractivity (Wildman–Crippen MR) is 52.1 cm³/mol. The third-order valence-electron chi connectivity index (χ3n) is 4.56. The second-order valence-electron chi connectivity index (χ2n) is 5.64. The lowest BCUT2D eigenvalue weighted by Gasteiger charge is -2.42. The van der Waals surface area contributed by atoms with Gasteiger partial charge in [0.25, 0.3) is 0 Å². The first-order chi connectivity index (χ1) is 5.50. The Bertz CT molecular complexity index is 192. The molecule has 1 N–H and O–H groups in total. The van der Waals surface area contributed by atoms with Crippen molar-refractivity contribution in [3.63, 3.8) is 0 Å². The molecule has 2 saturated carbocycles. The van der Waals surface area contributed by atoms with Gasteiger partial charge in [-0.25, -0.2) is 0 Å². The largest absolute Gasteiger partial charge is 0.316 e. The average Bonchev–Trinajstić information content (AvgIpc) is 2.39. The van der Waals surface area contributed by atoms with E-state index in [1.54, 1.807) is 0 Å². The van der Waals surface area contributed by atoms with Crippen LogP contribution < -0.4 is 5.32 Å². The third kappa shape index (κ3) is 0.834. The first kappa shape index (κ1) is 8.55. The fourth-order valence-corrected chi connectivity index (χ4v) is 4.02. The summed E-state index contributed by atoms with van der Waals surface area (Å²) in [6, 6.07) is 0.740. The summed E-state index contributed by atoms with van der Waals surface area (Å²) < 4.78 is 0. The highest BCUT2D eigenvalue weighted by molar-refractivity contribution is 5.11. The van der Waals surface area contributed by atoms with Gasteiger partial charge in [0.05, 0.1) is 0 Å². The lowest BCUT2D eigenvalue weighted by Crippen LogP contribution is -2.48. The molecule has 0 aromatic heterocycles. The summed E-state index contributed by atoms with van der Waals surface area (Å²) in [4.78, 5) is 0. The lowest BCUT2D eigenvalue weighted by atomic mass is 9.68. The van der Waals surface area contributed by atoms with Crippen molar-refractivity contribution in [3.05, 3.63) is 0 Å². The van der Waals surface area contributed by atoms with Crippen molar-refractivity contribution in [1.29, 1.82) is 0 Å². The van der Waals surface area contributed by atoms with E-state index in [0.29, 0.717) is 10.8 Å². The van der Waals surface area contributed by atoms with Gasteiger partial charge < -0.3 is 5.32 Å². The van der Waals surface area contributed by atoms with Crippen LogP contribution in [0.25, 0.3) is 0 Å². The zero-order chi connectivity index (χ0) is 8.98. The Hall–Kier alpha value is -0.0400. The molecule has 0 spiro atoms. The van der Waals surface area contributed by atoms with Crippen molar-refractivity contribution in [2.24, 2.45) is 16.7 Å². The predicted octanol–water partition coefficient (Wildman–Crippen LogP) is 2.42. The Morgan fingerprint density at radius 1 is 1.25 bits per heavy atom. The maximum atomic E-state index is 3.53. The van der Waals surface area contributed by atoms with Crippen LogP contribution in [-0.4, -0.2) is 13.1 Å². The van der Waals surface area contributed by atoms with E-state index in [9.17, 15) is 0 Å². The van der Waals surface area contributed by atoms with Crippen molar-refractivity contribution < 1.29 is 0 Å². The highest BCUT2D eigenvalue weighted by Crippen LogP contribution is 2.62. The molecule has 0 amide bonds. The van der Waals surface area contributed by atoms with E-state index in [4.69, 9.17) is 0 Å². The molecule has 2 aliphatic carbocycles. The van der Waals surface area contributed by atoms with E-state index < -0.39 is 0 Å². The topological polar surface area (TPSA) is 12.0 Å². The summed E-state index contributed by atoms with van der Waals surface area (Å²) in [6.07, 6.45) is 4.35. The molecule has 2 fully saturated rings. The van der Waals surface area contributed by atoms with Gasteiger partial charge in [0.1, 0.15) is 0 Å². The van der Waals surface area contributed by atoms with Crippen molar-refractivity contribution in [2.75, 3.05) is 7.05 Å². The van der Waals surface area contributed by atoms with Crippen LogP contribution in [0.2, 0.25) is 0 Å². The molecular weight excluding hydrogens is 146 g/mol. The zero-order valence-corrected chi connectivity index (χ0v) is 8.78. The van der Waals surface area contributed by atoms with E-state index in [1.165, 1.54) is 19.3 Å². The van der Waals surface area contributed by atoms with E-state index in [0.717, 1.165) is 12.0 Å². The molecule has 2 aliphatic rings. The maximum absolute atomic E-state index is 3.53. The summed E-state index contributed by atoms with van der Waals surface area (Å²) in [6.45, 7) is 7.33. The highest BCUT2D eigenvalue weighted by Gasteiger charge is 2.58. The van der Waals surface area contributed by atoms with Crippen LogP contribution in [0.5, 0.6) is 0 Å². The number of nitrogens with one attached hydrogen (secondary N) is 1. The molecule has 3 atom stereocenters. The molecule has 0 heterocycles. The maximum Gasteiger partial charge on any atom is 0.0172 e. The minimum Gasteiger partial charge on any atom is -0.316 e. The second kappa shape index (κ2) is 2.25. The van der Waals surface area contributed by atoms with Crippen molar-refractivity contribution in [1.82, 2.24) is 5.32 Å². The SMILES string of the molecule is CN[C@H]1C(C)(C)[C@H]2CC[C@@]1(C)C2. The molecule has 70 valence electrons. The van der Waals surface area contributed by atoms with Crippen molar-refractivity contribution in [2.45, 2.75) is 46.1 Å². The summed E-state index contributed by atoms with van der Waals surface area (Å²) >= 11 is 0. The standard InChI is InChI=1S/C11H21N/c1-10(2)8-5-6-11(3,7-8)9(10)12-4/h8-9,12H,5-7H2,1-4H3/t8-,9-,11-/m0/s1. The van der Waals surface area contributed by atoms with Gasteiger partial charge in [0, 0.05) is 6.04 Å². The highest BCUT2D eigenvalue weighted by atomic mass is 15.0. The van der Waals surface area contributed by atoms with E-state index >= 15 is 0 Å². The van der Waals surface area contributed by atoms with E-state index in [2.05, 4.69) is 33.1 Å². The van der Waals surface area contributed by atoms with Crippen LogP contribution in [-0.2, 0) is 0 Å². The zero-order valence-electron chi connectivity index (χ0n) is 8.78. The monoisotopic (exact) mass is 167 g/mol. The number of hydrogen-bond acceptors (Lipinski definition) is 1. The first-order valence-electron chi connectivity index (χ1n) is 5.18. The van der Waals surface area contributed by atoms with E-state index in [-0.39, 0.29) is 0 Å². The van der Waals surface area contributed by atoms with Crippen LogP contribution in [0.15, 0.2) is 0 Å². The Morgan fingerprint density at radius 2 is 1.92 bits per heavy atom. The van der Waals surface area contributed by atoms with Crippen LogP contribution in [0.1, 0.15) is 40.0 Å². The summed E-state index contributed by atoms with van der Waals surface area (Å²) in [5.74, 6) is 0.972. The quantitative estimate of drug-likeness (QED) is 0.632. The molecule has 2 bridgehead atoms. The number of rotatable bonds is 1. The molecular formula is C11H21N. The summed E-state index contributed by atoms with van der Waals surface area (Å²) in [5.41, 5.74) is 1.13. The Kier molecular flexibility index (Phi) is 1.61. The molecule has 2 rings (SSSR count). The molecule has 0 saturated heterocycles. The third-order valence-corrected chi connectivity index (χ3v) is 4.56. The summed E-state index contributed by atoms with van der Waals surface area (Å²) in [5, 5.41) is 3.53. The minimum absolute atomic E-state index is 0.530. The molecule has 12 heavy (non-hydrogen) atoms. The summed E-state index contributed by atoms with van der Waals surface area (Å²) in [7, 11) is 2.12. The van der Waals surface area contributed by atoms with Crippen molar-refractivity contribution >= 4 is 0 Å². The smallest absolute Gasteiger partial charge is 0.0172 e. The van der Waals surface area contributed by atoms with Gasteiger partial charge in [-0.15, -0.1) is 0 Å². The van der Waals surface area contributed by atoms with Gasteiger partial charge in [-0.1, -0.05) is 20.8 Å². The molecule has 1 nitrogen and oxygen atoms in total. The Labute approximate surface area is 75.9 Å². The normalized spacial score (nSPS) is 50.0. The molecule has 0 unspecified atom stereocenters. The molecule has 0 aromatic rings. The average molecular weight is 167 g/mol. The lowest BCUT2D eigenvalue weighted by molar-refractivity contribution is 0.116. The first-order valence-corrected chi connectivity index (χ1v) is 5.18. The van der Waals surface area contributed by atoms with Gasteiger partial charge >= 0.3 is 0 Å². The van der Waals surface area contributed by atoms with Crippen molar-refractivity contribution in [3.8, 4) is 0 Å². The molecule has 0 aromatic carbocycles.